The molecule has 1 N–H and O–H groups in total. The average Bonchev–Trinajstić information content (AvgIpc) is 2.36. The van der Waals surface area contributed by atoms with Gasteiger partial charge in [0.25, 0.3) is 0 Å². The first-order chi connectivity index (χ1) is 9.00. The Balaban J connectivity index is 1.90. The Hall–Kier alpha value is -0.380. The summed E-state index contributed by atoms with van der Waals surface area (Å²) in [4.78, 5) is 0. The zero-order valence-corrected chi connectivity index (χ0v) is 13.7. The highest BCUT2D eigenvalue weighted by Gasteiger charge is 2.22. The summed E-state index contributed by atoms with van der Waals surface area (Å²) in [5, 5.41) is 3.67. The minimum absolute atomic E-state index is 0.0747. The van der Waals surface area contributed by atoms with Crippen molar-refractivity contribution in [1.82, 2.24) is 5.32 Å². The molecule has 19 heavy (non-hydrogen) atoms. The van der Waals surface area contributed by atoms with Gasteiger partial charge in [-0.25, -0.2) is 0 Å². The van der Waals surface area contributed by atoms with Crippen molar-refractivity contribution in [3.8, 4) is 0 Å². The lowest BCUT2D eigenvalue weighted by Crippen LogP contribution is -2.44. The summed E-state index contributed by atoms with van der Waals surface area (Å²) < 4.78 is 6.93. The summed E-state index contributed by atoms with van der Waals surface area (Å²) in [6.07, 6.45) is 3.51. The molecule has 0 saturated carbocycles. The number of hydrogen-bond acceptors (Lipinski definition) is 2. The summed E-state index contributed by atoms with van der Waals surface area (Å²) in [5.74, 6) is 0. The number of rotatable bonds is 5. The number of fused-ring (bicyclic) bond motifs is 1. The fourth-order valence-corrected chi connectivity index (χ4v) is 3.14. The second-order valence-corrected chi connectivity index (χ2v) is 6.84. The van der Waals surface area contributed by atoms with Crippen LogP contribution in [0.1, 0.15) is 38.3 Å². The zero-order chi connectivity index (χ0) is 13.9. The van der Waals surface area contributed by atoms with Gasteiger partial charge < -0.3 is 10.1 Å². The molecule has 1 atom stereocenters. The van der Waals surface area contributed by atoms with Gasteiger partial charge in [0.15, 0.2) is 0 Å². The summed E-state index contributed by atoms with van der Waals surface area (Å²) in [6.45, 7) is 8.04. The maximum absolute atomic E-state index is 5.74. The van der Waals surface area contributed by atoms with E-state index in [0.717, 1.165) is 19.6 Å². The molecule has 2 nitrogen and oxygen atoms in total. The molecular formula is C16H24BrNO. The Morgan fingerprint density at radius 2 is 2.16 bits per heavy atom. The molecule has 0 spiro atoms. The Bertz CT molecular complexity index is 431. The van der Waals surface area contributed by atoms with Crippen LogP contribution in [-0.4, -0.2) is 24.8 Å². The minimum Gasteiger partial charge on any atom is -0.375 e. The van der Waals surface area contributed by atoms with E-state index in [4.69, 9.17) is 4.74 Å². The largest absolute Gasteiger partial charge is 0.375 e. The molecule has 2 rings (SSSR count). The monoisotopic (exact) mass is 325 g/mol. The van der Waals surface area contributed by atoms with Gasteiger partial charge in [0.05, 0.1) is 5.60 Å². The molecular weight excluding hydrogens is 302 g/mol. The number of hydrogen-bond donors (Lipinski definition) is 1. The highest BCUT2D eigenvalue weighted by molar-refractivity contribution is 9.10. The predicted molar refractivity (Wildman–Crippen MR) is 83.7 cm³/mol. The van der Waals surface area contributed by atoms with Crippen molar-refractivity contribution in [2.24, 2.45) is 0 Å². The van der Waals surface area contributed by atoms with Gasteiger partial charge in [-0.1, -0.05) is 22.0 Å². The predicted octanol–water partition coefficient (Wildman–Crippen LogP) is 3.71. The third-order valence-electron chi connectivity index (χ3n) is 3.75. The van der Waals surface area contributed by atoms with E-state index in [1.54, 1.807) is 0 Å². The van der Waals surface area contributed by atoms with Crippen LogP contribution in [0.4, 0.5) is 0 Å². The molecule has 0 aromatic heterocycles. The van der Waals surface area contributed by atoms with Crippen molar-refractivity contribution in [2.45, 2.75) is 51.7 Å². The van der Waals surface area contributed by atoms with Gasteiger partial charge in [0.2, 0.25) is 0 Å². The van der Waals surface area contributed by atoms with E-state index < -0.39 is 0 Å². The third-order valence-corrected chi connectivity index (χ3v) is 4.24. The number of benzene rings is 1. The lowest BCUT2D eigenvalue weighted by Gasteiger charge is -2.31. The summed E-state index contributed by atoms with van der Waals surface area (Å²) >= 11 is 3.55. The van der Waals surface area contributed by atoms with E-state index in [1.165, 1.54) is 28.4 Å². The molecule has 1 unspecified atom stereocenters. The van der Waals surface area contributed by atoms with Crippen LogP contribution in [0.5, 0.6) is 0 Å². The van der Waals surface area contributed by atoms with Gasteiger partial charge in [-0.15, -0.1) is 0 Å². The van der Waals surface area contributed by atoms with Crippen LogP contribution in [0.3, 0.4) is 0 Å². The second-order valence-electron chi connectivity index (χ2n) is 5.93. The first-order valence-electron chi connectivity index (χ1n) is 7.15. The van der Waals surface area contributed by atoms with E-state index in [9.17, 15) is 0 Å². The van der Waals surface area contributed by atoms with Crippen molar-refractivity contribution >= 4 is 15.9 Å². The molecule has 0 aliphatic heterocycles. The minimum atomic E-state index is -0.0747. The molecule has 1 aromatic rings. The average molecular weight is 326 g/mol. The molecule has 106 valence electrons. The number of ether oxygens (including phenoxy) is 1. The van der Waals surface area contributed by atoms with Crippen molar-refractivity contribution in [1.29, 1.82) is 0 Å². The van der Waals surface area contributed by atoms with Crippen molar-refractivity contribution in [3.63, 3.8) is 0 Å². The van der Waals surface area contributed by atoms with Crippen molar-refractivity contribution in [2.75, 3.05) is 13.2 Å². The Morgan fingerprint density at radius 1 is 1.37 bits per heavy atom. The molecule has 1 aliphatic rings. The molecule has 0 bridgehead atoms. The molecule has 0 radical (unpaired) electrons. The van der Waals surface area contributed by atoms with E-state index >= 15 is 0 Å². The molecule has 0 heterocycles. The quantitative estimate of drug-likeness (QED) is 0.891. The number of halogens is 1. The zero-order valence-electron chi connectivity index (χ0n) is 12.1. The summed E-state index contributed by atoms with van der Waals surface area (Å²) in [7, 11) is 0. The van der Waals surface area contributed by atoms with Gasteiger partial charge >= 0.3 is 0 Å². The van der Waals surface area contributed by atoms with Crippen LogP contribution in [-0.2, 0) is 17.6 Å². The van der Waals surface area contributed by atoms with E-state index in [-0.39, 0.29) is 5.60 Å². The summed E-state index contributed by atoms with van der Waals surface area (Å²) in [6, 6.07) is 7.23. The molecule has 0 amide bonds. The summed E-state index contributed by atoms with van der Waals surface area (Å²) in [5.41, 5.74) is 2.91. The highest BCUT2D eigenvalue weighted by Crippen LogP contribution is 2.25. The fraction of sp³-hybridized carbons (Fsp3) is 0.625. The first-order valence-corrected chi connectivity index (χ1v) is 7.94. The van der Waals surface area contributed by atoms with E-state index in [0.29, 0.717) is 6.04 Å². The van der Waals surface area contributed by atoms with Crippen molar-refractivity contribution < 1.29 is 4.74 Å². The SMILES string of the molecule is CCOC(C)(C)CNC1CCc2cc(Br)ccc2C1. The van der Waals surface area contributed by atoms with Crippen LogP contribution in [0.25, 0.3) is 0 Å². The van der Waals surface area contributed by atoms with Gasteiger partial charge in [0, 0.05) is 23.7 Å². The highest BCUT2D eigenvalue weighted by atomic mass is 79.9. The van der Waals surface area contributed by atoms with Gasteiger partial charge in [-0.05, 0) is 63.3 Å². The maximum atomic E-state index is 5.74. The lowest BCUT2D eigenvalue weighted by atomic mass is 9.88. The fourth-order valence-electron chi connectivity index (χ4n) is 2.73. The third kappa shape index (κ3) is 4.30. The van der Waals surface area contributed by atoms with Crippen LogP contribution in [0.2, 0.25) is 0 Å². The number of nitrogens with one attached hydrogen (secondary N) is 1. The maximum Gasteiger partial charge on any atom is 0.0750 e. The van der Waals surface area contributed by atoms with E-state index in [2.05, 4.69) is 60.2 Å². The van der Waals surface area contributed by atoms with Gasteiger partial charge in [0.1, 0.15) is 0 Å². The van der Waals surface area contributed by atoms with Crippen LogP contribution in [0, 0.1) is 0 Å². The second kappa shape index (κ2) is 6.38. The Labute approximate surface area is 125 Å². The first kappa shape index (κ1) is 15.0. The smallest absolute Gasteiger partial charge is 0.0750 e. The number of aryl methyl sites for hydroxylation is 1. The molecule has 1 aromatic carbocycles. The Morgan fingerprint density at radius 3 is 2.89 bits per heavy atom. The standard InChI is InChI=1S/C16H24BrNO/c1-4-19-16(2,3)11-18-15-8-6-12-9-14(17)7-5-13(12)10-15/h5,7,9,15,18H,4,6,8,10-11H2,1-3H3. The normalized spacial score (nSPS) is 19.3. The van der Waals surface area contributed by atoms with Crippen LogP contribution < -0.4 is 5.32 Å². The van der Waals surface area contributed by atoms with Gasteiger partial charge in [-0.3, -0.25) is 0 Å². The van der Waals surface area contributed by atoms with Gasteiger partial charge in [-0.2, -0.15) is 0 Å². The van der Waals surface area contributed by atoms with Crippen LogP contribution in [0.15, 0.2) is 22.7 Å². The Kier molecular flexibility index (Phi) is 5.04. The molecule has 0 fully saturated rings. The molecule has 0 saturated heterocycles. The van der Waals surface area contributed by atoms with Crippen molar-refractivity contribution in [3.05, 3.63) is 33.8 Å². The van der Waals surface area contributed by atoms with E-state index in [1.807, 2.05) is 0 Å². The molecule has 1 aliphatic carbocycles. The molecule has 3 heteroatoms. The van der Waals surface area contributed by atoms with Crippen LogP contribution >= 0.6 is 15.9 Å². The topological polar surface area (TPSA) is 21.3 Å². The lowest BCUT2D eigenvalue weighted by molar-refractivity contribution is -0.0108.